The molecule has 0 aliphatic carbocycles. The number of anilines is 2. The van der Waals surface area contributed by atoms with E-state index in [0.29, 0.717) is 58.9 Å². The quantitative estimate of drug-likeness (QED) is 0.0146. The average Bonchev–Trinajstić information content (AvgIpc) is 4.04. The van der Waals surface area contributed by atoms with Gasteiger partial charge in [0.15, 0.2) is 11.6 Å². The number of nitrogen functional groups attached to an aromatic ring is 2. The first kappa shape index (κ1) is 66.5. The van der Waals surface area contributed by atoms with Crippen molar-refractivity contribution in [2.45, 2.75) is 89.9 Å². The zero-order chi connectivity index (χ0) is 56.4. The molecular weight excluding hydrogens is 1070 g/mol. The zero-order valence-corrected chi connectivity index (χ0v) is 49.2. The molecule has 0 radical (unpaired) electrons. The van der Waals surface area contributed by atoms with E-state index in [-0.39, 0.29) is 138 Å². The molecule has 0 saturated carbocycles. The topological polar surface area (TPSA) is 396 Å². The van der Waals surface area contributed by atoms with E-state index >= 15 is 0 Å². The van der Waals surface area contributed by atoms with Crippen LogP contribution in [0.15, 0.2) is 99.7 Å². The molecule has 2 atom stereocenters. The Balaban J connectivity index is 0.000000342. The molecule has 0 unspecified atom stereocenters. The second-order valence-corrected chi connectivity index (χ2v) is 19.1. The van der Waals surface area contributed by atoms with Gasteiger partial charge in [-0.05, 0) is 100 Å². The summed E-state index contributed by atoms with van der Waals surface area (Å²) in [6.45, 7) is 5.70. The number of carboxylic acid groups (broad SMARTS) is 2. The minimum atomic E-state index is -4.02. The van der Waals surface area contributed by atoms with Gasteiger partial charge in [0, 0.05) is 60.6 Å². The van der Waals surface area contributed by atoms with Gasteiger partial charge in [-0.1, -0.05) is 66.2 Å². The summed E-state index contributed by atoms with van der Waals surface area (Å²) in [4.78, 5) is 114. The summed E-state index contributed by atoms with van der Waals surface area (Å²) < 4.78 is 39.5. The van der Waals surface area contributed by atoms with Crippen molar-refractivity contribution in [1.29, 1.82) is 0 Å². The number of fused-ring (bicyclic) bond motifs is 2. The summed E-state index contributed by atoms with van der Waals surface area (Å²) in [6, 6.07) is 19.8. The van der Waals surface area contributed by atoms with Gasteiger partial charge in [0.05, 0.1) is 34.8 Å². The van der Waals surface area contributed by atoms with Gasteiger partial charge in [-0.25, -0.2) is 0 Å². The first-order valence-electron chi connectivity index (χ1n) is 24.3. The van der Waals surface area contributed by atoms with Crippen LogP contribution in [0.2, 0.25) is 0 Å². The molecular formula is C53H58N8Na2O15S. The maximum atomic E-state index is 12.8. The van der Waals surface area contributed by atoms with Crippen molar-refractivity contribution in [3.63, 3.8) is 0 Å². The van der Waals surface area contributed by atoms with E-state index in [1.54, 1.807) is 74.8 Å². The fourth-order valence-corrected chi connectivity index (χ4v) is 8.47. The summed E-state index contributed by atoms with van der Waals surface area (Å²) in [5.74, 6) is -6.16. The van der Waals surface area contributed by atoms with Crippen LogP contribution in [0.5, 0.6) is 0 Å². The number of aromatic nitrogens is 6. The molecule has 4 aromatic heterocycles. The van der Waals surface area contributed by atoms with Gasteiger partial charge in [0.25, 0.3) is 21.2 Å². The number of aliphatic carboxylic acids is 2. The van der Waals surface area contributed by atoms with E-state index in [0.717, 1.165) is 27.8 Å². The molecule has 26 heteroatoms. The van der Waals surface area contributed by atoms with Crippen molar-refractivity contribution >= 4 is 79.5 Å². The third kappa shape index (κ3) is 20.4. The Morgan fingerprint density at radius 2 is 1.06 bits per heavy atom. The molecule has 408 valence electrons. The van der Waals surface area contributed by atoms with Gasteiger partial charge in [-0.3, -0.25) is 43.3 Å². The van der Waals surface area contributed by atoms with E-state index in [2.05, 4.69) is 29.9 Å². The maximum Gasteiger partial charge on any atom is 1.00 e. The van der Waals surface area contributed by atoms with E-state index in [1.165, 1.54) is 12.1 Å². The molecule has 0 saturated heterocycles. The van der Waals surface area contributed by atoms with Crippen molar-refractivity contribution in [3.8, 4) is 0 Å². The van der Waals surface area contributed by atoms with Crippen LogP contribution in [-0.4, -0.2) is 91.5 Å². The first-order valence-corrected chi connectivity index (χ1v) is 25.7. The molecule has 79 heavy (non-hydrogen) atoms. The number of rotatable bonds is 23. The third-order valence-electron chi connectivity index (χ3n) is 12.0. The van der Waals surface area contributed by atoms with Crippen molar-refractivity contribution in [1.82, 2.24) is 29.9 Å². The Hall–Kier alpha value is -6.77. The molecule has 4 heterocycles. The maximum absolute atomic E-state index is 12.8. The van der Waals surface area contributed by atoms with Crippen LogP contribution in [0.3, 0.4) is 0 Å². The predicted molar refractivity (Wildman–Crippen MR) is 278 cm³/mol. The van der Waals surface area contributed by atoms with Crippen LogP contribution in [0.4, 0.5) is 11.9 Å². The van der Waals surface area contributed by atoms with E-state index < -0.39 is 58.0 Å². The number of H-pyrrole nitrogens is 4. The van der Waals surface area contributed by atoms with Crippen LogP contribution < -0.4 is 91.9 Å². The van der Waals surface area contributed by atoms with Crippen molar-refractivity contribution in [2.24, 2.45) is 11.8 Å². The Kier molecular flexibility index (Phi) is 26.7. The Bertz CT molecular complexity index is 3450. The van der Waals surface area contributed by atoms with Crippen LogP contribution in [-0.2, 0) is 64.5 Å². The number of hydrogen-bond donors (Lipinski definition) is 7. The Labute approximate surface area is 497 Å². The molecule has 9 N–H and O–H groups in total. The summed E-state index contributed by atoms with van der Waals surface area (Å²) >= 11 is 0. The number of benzene rings is 3. The number of esters is 2. The second kappa shape index (κ2) is 31.7. The number of aryl methyl sites for hydroxylation is 5. The van der Waals surface area contributed by atoms with Crippen LogP contribution >= 0.6 is 0 Å². The minimum absolute atomic E-state index is 0. The third-order valence-corrected chi connectivity index (χ3v) is 12.9. The number of nitrogens with zero attached hydrogens (tertiary/aromatic N) is 2. The van der Waals surface area contributed by atoms with E-state index in [1.807, 2.05) is 19.1 Å². The second-order valence-electron chi connectivity index (χ2n) is 17.6. The minimum Gasteiger partial charge on any atom is -0.550 e. The van der Waals surface area contributed by atoms with Gasteiger partial charge in [0.1, 0.15) is 11.3 Å². The molecule has 7 aromatic rings. The fourth-order valence-electron chi connectivity index (χ4n) is 7.99. The fraction of sp³-hybridized carbons (Fsp3) is 0.321. The normalized spacial score (nSPS) is 11.5. The van der Waals surface area contributed by atoms with Gasteiger partial charge in [-0.15, -0.1) is 0 Å². The number of aromatic amines is 4. The van der Waals surface area contributed by atoms with Crippen molar-refractivity contribution in [3.05, 3.63) is 145 Å². The number of carbonyl (C=O) groups excluding carboxylic acids is 6. The summed E-state index contributed by atoms with van der Waals surface area (Å²) in [7, 11) is -4.02. The summed E-state index contributed by atoms with van der Waals surface area (Å²) in [5.41, 5.74) is 16.6. The van der Waals surface area contributed by atoms with Crippen molar-refractivity contribution in [2.75, 3.05) is 24.7 Å². The average molecular weight is 1130 g/mol. The van der Waals surface area contributed by atoms with E-state index in [4.69, 9.17) is 25.5 Å². The number of ketones is 2. The number of nitrogens with two attached hydrogens (primary N) is 2. The number of Topliss-reactive ketones (excluding diaryl/α,β-unsaturated/α-hetero) is 2. The number of ether oxygens (including phenoxy) is 2. The predicted octanol–water partition coefficient (Wildman–Crippen LogP) is -2.95. The Morgan fingerprint density at radius 3 is 1.47 bits per heavy atom. The molecule has 0 amide bonds. The molecule has 0 fully saturated rings. The molecule has 0 aliphatic heterocycles. The van der Waals surface area contributed by atoms with Crippen LogP contribution in [0, 0.1) is 18.8 Å². The SMILES string of the molecule is CCOC(=O)CC[C@H](CC(=O)c1ccc(CCc2c[nH]c3nc(N)[nH]c(=O)c23)cc1)C(=O)OCC.Cc1ccc(S(=O)(=O)O)cc1.Nc1nc2[nH]cc(CCc3ccc(C(=O)C[C@@H](CCC(=O)[O-])C(=O)[O-])cc3)c2c(=O)[nH]1.[Na+].[Na+]. The molecule has 3 aromatic carbocycles. The van der Waals surface area contributed by atoms with Gasteiger partial charge >= 0.3 is 71.1 Å². The molecule has 0 bridgehead atoms. The summed E-state index contributed by atoms with van der Waals surface area (Å²) in [6.07, 6.45) is 5.01. The number of carbonyl (C=O) groups is 6. The van der Waals surface area contributed by atoms with E-state index in [9.17, 15) is 57.0 Å². The van der Waals surface area contributed by atoms with Gasteiger partial charge in [0.2, 0.25) is 11.9 Å². The smallest absolute Gasteiger partial charge is 0.550 e. The number of carboxylic acids is 2. The van der Waals surface area contributed by atoms with Gasteiger partial charge < -0.3 is 50.7 Å². The largest absolute Gasteiger partial charge is 1.00 e. The molecule has 0 spiro atoms. The van der Waals surface area contributed by atoms with Crippen molar-refractivity contribution < 1.29 is 121 Å². The number of hydrogen-bond acceptors (Lipinski definition) is 18. The Morgan fingerprint density at radius 1 is 0.633 bits per heavy atom. The molecule has 7 rings (SSSR count). The monoisotopic (exact) mass is 1120 g/mol. The van der Waals surface area contributed by atoms with Crippen LogP contribution in [0.25, 0.3) is 22.1 Å². The van der Waals surface area contributed by atoms with Crippen LogP contribution in [0.1, 0.15) is 101 Å². The molecule has 0 aliphatic rings. The number of nitrogens with one attached hydrogen (secondary N) is 4. The molecule has 23 nitrogen and oxygen atoms in total. The van der Waals surface area contributed by atoms with Gasteiger partial charge in [-0.2, -0.15) is 18.4 Å². The summed E-state index contributed by atoms with van der Waals surface area (Å²) in [5, 5.41) is 22.6. The standard InChI is InChI=1S/C25H30N4O6.C21H22N4O6.C7H8O3S.2Na/c1-3-34-20(31)12-11-17(24(33)35-4-2)13-19(30)16-8-5-15(6-9-16)7-10-18-14-27-22-21(18)23(32)29-25(26)28-22;22-21-24-18-17(19(29)25-21)14(10-23-18)6-3-11-1-4-12(5-2-11)15(26)9-13(20(30)31)7-8-16(27)28;1-6-2-4-7(5-3-6)11(8,9)10;;/h5-6,8-9,14,17H,3-4,7,10-13H2,1-2H3,(H4,26,27,28,29,32);1-2,4-5,10,13H,3,6-9H2,(H,27,28)(H,30,31)(H4,22,23,24,25,29);2-5H,1H3,(H,8,9,10);;/q;;;2*+1/p-2/t17-;13-;;;/m11.../s1. The zero-order valence-electron chi connectivity index (χ0n) is 44.3. The first-order chi connectivity index (χ1) is 36.6.